The van der Waals surface area contributed by atoms with Gasteiger partial charge in [-0.25, -0.2) is 4.98 Å². The van der Waals surface area contributed by atoms with Crippen molar-refractivity contribution < 1.29 is 0 Å². The lowest BCUT2D eigenvalue weighted by Gasteiger charge is -2.27. The van der Waals surface area contributed by atoms with Crippen molar-refractivity contribution in [2.75, 3.05) is 6.54 Å². The second-order valence-electron chi connectivity index (χ2n) is 6.28. The predicted octanol–water partition coefficient (Wildman–Crippen LogP) is 4.77. The molecule has 0 spiro atoms. The van der Waals surface area contributed by atoms with E-state index in [1.807, 2.05) is 11.3 Å². The second-order valence-corrected chi connectivity index (χ2v) is 7.34. The minimum atomic E-state index is 0.367. The highest BCUT2D eigenvalue weighted by molar-refractivity contribution is 7.18. The van der Waals surface area contributed by atoms with E-state index in [9.17, 15) is 0 Å². The first kappa shape index (κ1) is 14.0. The number of aromatic nitrogens is 1. The van der Waals surface area contributed by atoms with Gasteiger partial charge < -0.3 is 5.32 Å². The molecule has 1 aliphatic carbocycles. The number of benzene rings is 1. The van der Waals surface area contributed by atoms with Gasteiger partial charge in [-0.15, -0.1) is 11.3 Å². The molecule has 2 nitrogen and oxygen atoms in total. The Balaban J connectivity index is 1.57. The molecule has 2 aromatic rings. The lowest BCUT2D eigenvalue weighted by molar-refractivity contribution is 0.276. The highest BCUT2D eigenvalue weighted by atomic mass is 32.1. The van der Waals surface area contributed by atoms with Gasteiger partial charge in [-0.3, -0.25) is 0 Å². The molecule has 0 aliphatic heterocycles. The minimum absolute atomic E-state index is 0.367. The number of nitrogens with zero attached hydrogens (tertiary/aromatic N) is 1. The summed E-state index contributed by atoms with van der Waals surface area (Å²) in [7, 11) is 0. The zero-order valence-electron chi connectivity index (χ0n) is 12.4. The van der Waals surface area contributed by atoms with E-state index in [0.29, 0.717) is 6.04 Å². The topological polar surface area (TPSA) is 24.9 Å². The molecule has 1 unspecified atom stereocenters. The summed E-state index contributed by atoms with van der Waals surface area (Å²) >= 11 is 1.82. The van der Waals surface area contributed by atoms with Gasteiger partial charge in [0.2, 0.25) is 0 Å². The predicted molar refractivity (Wildman–Crippen MR) is 87.2 cm³/mol. The quantitative estimate of drug-likeness (QED) is 0.876. The van der Waals surface area contributed by atoms with Crippen molar-refractivity contribution in [3.8, 4) is 0 Å². The zero-order chi connectivity index (χ0) is 13.9. The van der Waals surface area contributed by atoms with Crippen molar-refractivity contribution in [2.24, 2.45) is 11.8 Å². The fourth-order valence-corrected chi connectivity index (χ4v) is 4.03. The fourth-order valence-electron chi connectivity index (χ4n) is 3.04. The van der Waals surface area contributed by atoms with E-state index in [4.69, 9.17) is 4.98 Å². The molecular formula is C17H24N2S. The smallest absolute Gasteiger partial charge is 0.111 e. The van der Waals surface area contributed by atoms with Crippen molar-refractivity contribution in [3.05, 3.63) is 29.3 Å². The zero-order valence-corrected chi connectivity index (χ0v) is 13.2. The third-order valence-corrected chi connectivity index (χ3v) is 5.75. The highest BCUT2D eigenvalue weighted by Crippen LogP contribution is 2.29. The van der Waals surface area contributed by atoms with Gasteiger partial charge in [0.15, 0.2) is 0 Å². The van der Waals surface area contributed by atoms with Crippen LogP contribution in [0.1, 0.15) is 50.6 Å². The van der Waals surface area contributed by atoms with Crippen LogP contribution in [0.3, 0.4) is 0 Å². The van der Waals surface area contributed by atoms with Gasteiger partial charge in [-0.05, 0) is 50.3 Å². The summed E-state index contributed by atoms with van der Waals surface area (Å²) in [6, 6.07) is 8.78. The Morgan fingerprint density at radius 3 is 2.75 bits per heavy atom. The number of para-hydroxylation sites is 1. The first-order chi connectivity index (χ1) is 9.72. The van der Waals surface area contributed by atoms with Crippen LogP contribution in [-0.2, 0) is 0 Å². The van der Waals surface area contributed by atoms with Crippen LogP contribution >= 0.6 is 11.3 Å². The average Bonchev–Trinajstić information content (AvgIpc) is 2.90. The summed E-state index contributed by atoms with van der Waals surface area (Å²) < 4.78 is 1.29. The number of hydrogen-bond acceptors (Lipinski definition) is 3. The molecule has 1 aromatic heterocycles. The van der Waals surface area contributed by atoms with Crippen LogP contribution in [0.2, 0.25) is 0 Å². The molecular weight excluding hydrogens is 264 g/mol. The summed E-state index contributed by atoms with van der Waals surface area (Å²) in [5, 5.41) is 4.91. The van der Waals surface area contributed by atoms with Gasteiger partial charge >= 0.3 is 0 Å². The Morgan fingerprint density at radius 1 is 1.25 bits per heavy atom. The van der Waals surface area contributed by atoms with Crippen molar-refractivity contribution in [3.63, 3.8) is 0 Å². The molecule has 1 heterocycles. The molecule has 1 N–H and O–H groups in total. The standard InChI is InChI=1S/C17H24N2S/c1-12-7-9-14(10-8-12)11-18-13(2)17-19-15-5-3-4-6-16(15)20-17/h3-6,12-14,18H,7-11H2,1-2H3. The normalized spacial score (nSPS) is 24.9. The number of thiazole rings is 1. The van der Waals surface area contributed by atoms with Crippen LogP contribution in [0, 0.1) is 11.8 Å². The van der Waals surface area contributed by atoms with Crippen LogP contribution in [0.25, 0.3) is 10.2 Å². The summed E-state index contributed by atoms with van der Waals surface area (Å²) in [6.07, 6.45) is 5.59. The SMILES string of the molecule is CC1CCC(CNC(C)c2nc3ccccc3s2)CC1. The molecule has 3 rings (SSSR count). The van der Waals surface area contributed by atoms with Crippen LogP contribution in [-0.4, -0.2) is 11.5 Å². The molecule has 1 atom stereocenters. The lowest BCUT2D eigenvalue weighted by Crippen LogP contribution is -2.28. The maximum Gasteiger partial charge on any atom is 0.111 e. The molecule has 1 saturated carbocycles. The first-order valence-corrected chi connectivity index (χ1v) is 8.63. The number of hydrogen-bond donors (Lipinski definition) is 1. The van der Waals surface area contributed by atoms with E-state index in [1.54, 1.807) is 0 Å². The third-order valence-electron chi connectivity index (χ3n) is 4.53. The molecule has 20 heavy (non-hydrogen) atoms. The van der Waals surface area contributed by atoms with E-state index < -0.39 is 0 Å². The Bertz CT molecular complexity index is 522. The van der Waals surface area contributed by atoms with E-state index >= 15 is 0 Å². The molecule has 3 heteroatoms. The summed E-state index contributed by atoms with van der Waals surface area (Å²) in [4.78, 5) is 4.74. The van der Waals surface area contributed by atoms with Crippen LogP contribution < -0.4 is 5.32 Å². The van der Waals surface area contributed by atoms with Gasteiger partial charge in [-0.1, -0.05) is 31.9 Å². The maximum atomic E-state index is 4.74. The number of nitrogens with one attached hydrogen (secondary N) is 1. The van der Waals surface area contributed by atoms with Gasteiger partial charge in [0, 0.05) is 0 Å². The average molecular weight is 288 g/mol. The van der Waals surface area contributed by atoms with E-state index in [-0.39, 0.29) is 0 Å². The summed E-state index contributed by atoms with van der Waals surface area (Å²) in [5.41, 5.74) is 1.13. The number of rotatable bonds is 4. The third kappa shape index (κ3) is 3.21. The van der Waals surface area contributed by atoms with Crippen LogP contribution in [0.5, 0.6) is 0 Å². The Kier molecular flexibility index (Phi) is 4.37. The Hall–Kier alpha value is -0.930. The summed E-state index contributed by atoms with van der Waals surface area (Å²) in [5.74, 6) is 1.80. The van der Waals surface area contributed by atoms with Crippen molar-refractivity contribution in [1.82, 2.24) is 10.3 Å². The van der Waals surface area contributed by atoms with Gasteiger partial charge in [0.05, 0.1) is 16.3 Å². The monoisotopic (exact) mass is 288 g/mol. The fraction of sp³-hybridized carbons (Fsp3) is 0.588. The molecule has 1 fully saturated rings. The Morgan fingerprint density at radius 2 is 2.00 bits per heavy atom. The summed E-state index contributed by atoms with van der Waals surface area (Å²) in [6.45, 7) is 5.76. The van der Waals surface area contributed by atoms with Crippen molar-refractivity contribution in [2.45, 2.75) is 45.6 Å². The molecule has 108 valence electrons. The van der Waals surface area contributed by atoms with Gasteiger partial charge in [0.1, 0.15) is 5.01 Å². The van der Waals surface area contributed by atoms with E-state index in [2.05, 4.69) is 43.4 Å². The molecule has 1 aromatic carbocycles. The molecule has 1 aliphatic rings. The van der Waals surface area contributed by atoms with E-state index in [1.165, 1.54) is 35.4 Å². The van der Waals surface area contributed by atoms with Crippen LogP contribution in [0.15, 0.2) is 24.3 Å². The highest BCUT2D eigenvalue weighted by Gasteiger charge is 2.19. The van der Waals surface area contributed by atoms with Gasteiger partial charge in [-0.2, -0.15) is 0 Å². The molecule has 0 bridgehead atoms. The Labute approximate surface area is 125 Å². The molecule has 0 saturated heterocycles. The number of fused-ring (bicyclic) bond motifs is 1. The second kappa shape index (κ2) is 6.23. The lowest BCUT2D eigenvalue weighted by atomic mass is 9.83. The molecule has 0 amide bonds. The van der Waals surface area contributed by atoms with Crippen molar-refractivity contribution in [1.29, 1.82) is 0 Å². The van der Waals surface area contributed by atoms with Crippen LogP contribution in [0.4, 0.5) is 0 Å². The van der Waals surface area contributed by atoms with Gasteiger partial charge in [0.25, 0.3) is 0 Å². The van der Waals surface area contributed by atoms with E-state index in [0.717, 1.165) is 23.9 Å². The largest absolute Gasteiger partial charge is 0.308 e. The first-order valence-electron chi connectivity index (χ1n) is 7.81. The van der Waals surface area contributed by atoms with Crippen molar-refractivity contribution >= 4 is 21.6 Å². The molecule has 0 radical (unpaired) electrons. The minimum Gasteiger partial charge on any atom is -0.308 e. The maximum absolute atomic E-state index is 4.74.